The topological polar surface area (TPSA) is 52.0 Å². The highest BCUT2D eigenvalue weighted by atomic mass is 32.1. The molecule has 0 radical (unpaired) electrons. The second-order valence-electron chi connectivity index (χ2n) is 3.28. The number of rotatable bonds is 1. The maximum atomic E-state index is 5.63. The number of nitrogens with two attached hydrogens (primary N) is 1. The lowest BCUT2D eigenvalue weighted by Gasteiger charge is -1.89. The highest BCUT2D eigenvalue weighted by molar-refractivity contribution is 7.28. The number of hydrogen-bond acceptors (Lipinski definition) is 5. The average Bonchev–Trinajstić information content (AvgIpc) is 2.82. The van der Waals surface area contributed by atoms with E-state index in [1.165, 1.54) is 9.40 Å². The molecule has 0 unspecified atom stereocenters. The first-order valence-corrected chi connectivity index (χ1v) is 6.14. The molecule has 15 heavy (non-hydrogen) atoms. The molecule has 0 amide bonds. The van der Waals surface area contributed by atoms with Crippen LogP contribution in [0.15, 0.2) is 22.0 Å². The lowest BCUT2D eigenvalue weighted by Crippen LogP contribution is -1.83. The lowest BCUT2D eigenvalue weighted by molar-refractivity contribution is 0.439. The first-order chi connectivity index (χ1) is 7.25. The smallest absolute Gasteiger partial charge is 0.225 e. The summed E-state index contributed by atoms with van der Waals surface area (Å²) in [5.74, 6) is 0.404. The zero-order valence-electron chi connectivity index (χ0n) is 7.98. The van der Waals surface area contributed by atoms with Gasteiger partial charge in [-0.2, -0.15) is 0 Å². The molecule has 0 aromatic carbocycles. The average molecular weight is 236 g/mol. The third kappa shape index (κ3) is 1.27. The summed E-state index contributed by atoms with van der Waals surface area (Å²) in [6.45, 7) is 1.93. The van der Waals surface area contributed by atoms with Crippen molar-refractivity contribution in [2.45, 2.75) is 6.92 Å². The molecule has 0 aliphatic carbocycles. The van der Waals surface area contributed by atoms with Crippen LogP contribution in [0.4, 0.5) is 5.88 Å². The van der Waals surface area contributed by atoms with E-state index in [2.05, 4.69) is 22.7 Å². The van der Waals surface area contributed by atoms with Crippen molar-refractivity contribution in [1.82, 2.24) is 5.16 Å². The van der Waals surface area contributed by atoms with Gasteiger partial charge in [0.25, 0.3) is 0 Å². The van der Waals surface area contributed by atoms with Crippen molar-refractivity contribution in [2.24, 2.45) is 0 Å². The zero-order valence-corrected chi connectivity index (χ0v) is 9.61. The van der Waals surface area contributed by atoms with Crippen LogP contribution in [0.3, 0.4) is 0 Å². The van der Waals surface area contributed by atoms with Gasteiger partial charge in [0.05, 0.1) is 4.88 Å². The summed E-state index contributed by atoms with van der Waals surface area (Å²) in [4.78, 5) is 1.12. The molecule has 3 aromatic rings. The van der Waals surface area contributed by atoms with Gasteiger partial charge in [0, 0.05) is 15.0 Å². The number of hydrogen-bond donors (Lipinski definition) is 1. The van der Waals surface area contributed by atoms with Crippen LogP contribution in [0.2, 0.25) is 0 Å². The Balaban J connectivity index is 2.21. The van der Waals surface area contributed by atoms with E-state index in [1.54, 1.807) is 22.7 Å². The quantitative estimate of drug-likeness (QED) is 0.703. The molecule has 3 heterocycles. The fourth-order valence-electron chi connectivity index (χ4n) is 1.46. The zero-order chi connectivity index (χ0) is 10.4. The Kier molecular flexibility index (Phi) is 1.83. The van der Waals surface area contributed by atoms with Crippen LogP contribution >= 0.6 is 22.7 Å². The summed E-state index contributed by atoms with van der Waals surface area (Å²) in [5, 5.41) is 6.07. The van der Waals surface area contributed by atoms with Crippen molar-refractivity contribution >= 4 is 38.0 Å². The van der Waals surface area contributed by atoms with Crippen LogP contribution in [0.1, 0.15) is 5.56 Å². The minimum atomic E-state index is 0.404. The molecule has 0 aliphatic heterocycles. The van der Waals surface area contributed by atoms with Gasteiger partial charge in [-0.1, -0.05) is 5.16 Å². The predicted molar refractivity (Wildman–Crippen MR) is 64.3 cm³/mol. The summed E-state index contributed by atoms with van der Waals surface area (Å²) >= 11 is 3.45. The monoisotopic (exact) mass is 236 g/mol. The normalized spacial score (nSPS) is 11.3. The number of thiophene rings is 2. The van der Waals surface area contributed by atoms with Crippen LogP contribution in [-0.4, -0.2) is 5.16 Å². The fraction of sp³-hybridized carbons (Fsp3) is 0.100. The molecule has 0 saturated carbocycles. The highest BCUT2D eigenvalue weighted by Gasteiger charge is 2.14. The number of aromatic nitrogens is 1. The Morgan fingerprint density at radius 2 is 2.27 bits per heavy atom. The molecular weight excluding hydrogens is 228 g/mol. The second-order valence-corrected chi connectivity index (χ2v) is 5.31. The van der Waals surface area contributed by atoms with Crippen LogP contribution < -0.4 is 5.73 Å². The number of fused-ring (bicyclic) bond motifs is 1. The Morgan fingerprint density at radius 1 is 1.40 bits per heavy atom. The predicted octanol–water partition coefficient (Wildman–Crippen LogP) is 3.51. The largest absolute Gasteiger partial charge is 0.367 e. The number of nitrogens with zero attached hydrogens (tertiary/aromatic N) is 1. The molecule has 3 nitrogen and oxygen atoms in total. The van der Waals surface area contributed by atoms with Crippen molar-refractivity contribution in [3.05, 3.63) is 23.1 Å². The molecule has 0 saturated heterocycles. The molecule has 0 aliphatic rings. The van der Waals surface area contributed by atoms with Crippen LogP contribution in [0.5, 0.6) is 0 Å². The second kappa shape index (κ2) is 3.08. The Morgan fingerprint density at radius 3 is 2.93 bits per heavy atom. The van der Waals surface area contributed by atoms with Crippen molar-refractivity contribution in [3.63, 3.8) is 0 Å². The van der Waals surface area contributed by atoms with Crippen LogP contribution in [-0.2, 0) is 0 Å². The number of nitrogen functional groups attached to an aromatic ring is 1. The maximum absolute atomic E-state index is 5.63. The van der Waals surface area contributed by atoms with Crippen LogP contribution in [0, 0.1) is 6.92 Å². The maximum Gasteiger partial charge on any atom is 0.225 e. The highest BCUT2D eigenvalue weighted by Crippen LogP contribution is 2.37. The van der Waals surface area contributed by atoms with Crippen molar-refractivity contribution < 1.29 is 4.52 Å². The molecule has 5 heteroatoms. The van der Waals surface area contributed by atoms with E-state index in [1.807, 2.05) is 6.92 Å². The fourth-order valence-corrected chi connectivity index (χ4v) is 3.61. The van der Waals surface area contributed by atoms with Crippen molar-refractivity contribution in [3.8, 4) is 10.6 Å². The van der Waals surface area contributed by atoms with Crippen molar-refractivity contribution in [1.29, 1.82) is 0 Å². The Labute approximate surface area is 94.1 Å². The first kappa shape index (κ1) is 8.94. The summed E-state index contributed by atoms with van der Waals surface area (Å²) in [6, 6.07) is 4.25. The standard InChI is InChI=1S/C10H8N2OS2/c1-5-9(12-13-10(5)11)8-4-7-6(15-8)2-3-14-7/h2-4H,11H2,1H3. The molecular formula is C10H8N2OS2. The van der Waals surface area contributed by atoms with E-state index in [-0.39, 0.29) is 0 Å². The van der Waals surface area contributed by atoms with E-state index < -0.39 is 0 Å². The molecule has 0 fully saturated rings. The molecule has 0 spiro atoms. The van der Waals surface area contributed by atoms with E-state index in [9.17, 15) is 0 Å². The Bertz CT molecular complexity index is 592. The van der Waals surface area contributed by atoms with Crippen molar-refractivity contribution in [2.75, 3.05) is 5.73 Å². The number of anilines is 1. The first-order valence-electron chi connectivity index (χ1n) is 4.45. The van der Waals surface area contributed by atoms with E-state index >= 15 is 0 Å². The SMILES string of the molecule is Cc1c(-c2cc3sccc3s2)noc1N. The van der Waals surface area contributed by atoms with E-state index in [4.69, 9.17) is 10.3 Å². The summed E-state index contributed by atoms with van der Waals surface area (Å²) in [6.07, 6.45) is 0. The molecule has 0 atom stereocenters. The third-order valence-electron chi connectivity index (χ3n) is 2.33. The van der Waals surface area contributed by atoms with Gasteiger partial charge in [-0.15, -0.1) is 22.7 Å². The third-order valence-corrected chi connectivity index (χ3v) is 4.43. The molecule has 76 valence electrons. The van der Waals surface area contributed by atoms with Crippen LogP contribution in [0.25, 0.3) is 20.0 Å². The van der Waals surface area contributed by atoms with Gasteiger partial charge in [-0.3, -0.25) is 0 Å². The van der Waals surface area contributed by atoms with Gasteiger partial charge in [0.2, 0.25) is 5.88 Å². The van der Waals surface area contributed by atoms with E-state index in [0.29, 0.717) is 5.88 Å². The van der Waals surface area contributed by atoms with Gasteiger partial charge in [0.1, 0.15) is 5.69 Å². The van der Waals surface area contributed by atoms with Gasteiger partial charge in [-0.05, 0) is 24.4 Å². The van der Waals surface area contributed by atoms with Gasteiger partial charge in [-0.25, -0.2) is 0 Å². The minimum Gasteiger partial charge on any atom is -0.367 e. The minimum absolute atomic E-state index is 0.404. The Hall–Kier alpha value is -1.33. The summed E-state index contributed by atoms with van der Waals surface area (Å²) in [5.41, 5.74) is 7.41. The molecule has 2 N–H and O–H groups in total. The van der Waals surface area contributed by atoms with E-state index in [0.717, 1.165) is 16.1 Å². The lowest BCUT2D eigenvalue weighted by atomic mass is 10.2. The molecule has 0 bridgehead atoms. The van der Waals surface area contributed by atoms with Gasteiger partial charge in [0.15, 0.2) is 0 Å². The molecule has 3 aromatic heterocycles. The molecule has 3 rings (SSSR count). The van der Waals surface area contributed by atoms with Gasteiger partial charge < -0.3 is 10.3 Å². The summed E-state index contributed by atoms with van der Waals surface area (Å²) < 4.78 is 7.54. The summed E-state index contributed by atoms with van der Waals surface area (Å²) in [7, 11) is 0. The van der Waals surface area contributed by atoms with Gasteiger partial charge >= 0.3 is 0 Å².